The highest BCUT2D eigenvalue weighted by Gasteiger charge is 2.59. The molecule has 1 heteroatoms. The van der Waals surface area contributed by atoms with Crippen LogP contribution in [-0.2, 0) is 5.41 Å². The molecule has 0 heterocycles. The van der Waals surface area contributed by atoms with Gasteiger partial charge in [0.05, 0.1) is 11.1 Å². The Balaban J connectivity index is 1.05. The Morgan fingerprint density at radius 3 is 1.89 bits per heavy atom. The molecule has 0 amide bonds. The summed E-state index contributed by atoms with van der Waals surface area (Å²) in [6.07, 6.45) is 24.0. The summed E-state index contributed by atoms with van der Waals surface area (Å²) in [6, 6.07) is 68.7. The molecule has 2 fully saturated rings. The number of allylic oxidation sites excluding steroid dienone is 8. The normalized spacial score (nSPS) is 21.9. The van der Waals surface area contributed by atoms with Gasteiger partial charge in [-0.1, -0.05) is 213 Å². The van der Waals surface area contributed by atoms with Gasteiger partial charge in [0, 0.05) is 16.9 Å². The molecular weight excluding hydrogens is 771 g/mol. The van der Waals surface area contributed by atoms with Crippen molar-refractivity contribution in [3.63, 3.8) is 0 Å². The van der Waals surface area contributed by atoms with Gasteiger partial charge in [0.15, 0.2) is 0 Å². The van der Waals surface area contributed by atoms with Crippen molar-refractivity contribution in [1.82, 2.24) is 0 Å². The van der Waals surface area contributed by atoms with Crippen molar-refractivity contribution in [3.8, 4) is 11.1 Å². The van der Waals surface area contributed by atoms with Crippen molar-refractivity contribution in [3.05, 3.63) is 252 Å². The standard InChI is InChI=1S/C63H51N/c1-4-20-45(21-5-1)63(46-22-6-2-7-23-46)57-30-14-10-25-51(57)52-38-36-48(42-59(52)63)64(47-35-37-50-44(41-47)34-33-43-19-8-9-24-49(43)50)60-32-15-12-26-53(60)54-28-18-31-58-61(54)55-27-11-13-29-56(55)62(58)39-16-3-17-40-62/h1-2,4-15,18-38,41-42,55-56,58,61H,3,16-17,39-40H2. The first-order valence-corrected chi connectivity index (χ1v) is 23.6. The number of nitrogens with zero attached hydrogens (tertiary/aromatic N) is 1. The molecule has 1 nitrogen and oxygen atoms in total. The van der Waals surface area contributed by atoms with Crippen LogP contribution in [0.3, 0.4) is 0 Å². The Hall–Kier alpha value is -6.96. The lowest BCUT2D eigenvalue weighted by atomic mass is 9.61. The van der Waals surface area contributed by atoms with E-state index in [9.17, 15) is 0 Å². The van der Waals surface area contributed by atoms with E-state index in [4.69, 9.17) is 0 Å². The highest BCUT2D eigenvalue weighted by Crippen LogP contribution is 2.67. The number of rotatable bonds is 6. The predicted octanol–water partition coefficient (Wildman–Crippen LogP) is 16.3. The molecule has 8 aromatic rings. The number of benzene rings is 8. The summed E-state index contributed by atoms with van der Waals surface area (Å²) >= 11 is 0. The fourth-order valence-electron chi connectivity index (χ4n) is 13.7. The SMILES string of the molecule is C1=CC2C3C(c4ccccc4N(c4ccc5c(c4)C(c4ccccc4)(c4ccccc4)c4ccccc4-5)c4ccc5c(ccc6ccccc65)c4)=CC=CC3C3(CCCCC3)C2C=C1. The predicted molar refractivity (Wildman–Crippen MR) is 268 cm³/mol. The van der Waals surface area contributed by atoms with E-state index in [1.54, 1.807) is 0 Å². The summed E-state index contributed by atoms with van der Waals surface area (Å²) in [5.74, 6) is 1.98. The summed E-state index contributed by atoms with van der Waals surface area (Å²) in [5, 5.41) is 5.08. The van der Waals surface area contributed by atoms with Gasteiger partial charge in [-0.25, -0.2) is 0 Å². The van der Waals surface area contributed by atoms with E-state index in [1.165, 1.54) is 104 Å². The van der Waals surface area contributed by atoms with Crippen LogP contribution in [-0.4, -0.2) is 0 Å². The third-order valence-electron chi connectivity index (χ3n) is 16.2. The Kier molecular flexibility index (Phi) is 8.70. The summed E-state index contributed by atoms with van der Waals surface area (Å²) < 4.78 is 0. The van der Waals surface area contributed by atoms with Gasteiger partial charge in [0.1, 0.15) is 0 Å². The van der Waals surface area contributed by atoms with Gasteiger partial charge in [0.2, 0.25) is 0 Å². The Bertz CT molecular complexity index is 3190. The lowest BCUT2D eigenvalue weighted by Crippen LogP contribution is -2.35. The molecule has 5 aliphatic carbocycles. The molecule has 308 valence electrons. The van der Waals surface area contributed by atoms with Crippen molar-refractivity contribution >= 4 is 44.2 Å². The first-order valence-electron chi connectivity index (χ1n) is 23.6. The number of hydrogen-bond donors (Lipinski definition) is 0. The Morgan fingerprint density at radius 1 is 0.438 bits per heavy atom. The van der Waals surface area contributed by atoms with Gasteiger partial charge in [-0.3, -0.25) is 0 Å². The second-order valence-corrected chi connectivity index (χ2v) is 19.0. The zero-order valence-electron chi connectivity index (χ0n) is 36.2. The summed E-state index contributed by atoms with van der Waals surface area (Å²) in [4.78, 5) is 2.58. The molecule has 0 aromatic heterocycles. The van der Waals surface area contributed by atoms with Crippen LogP contribution in [0.5, 0.6) is 0 Å². The van der Waals surface area contributed by atoms with Crippen LogP contribution < -0.4 is 4.90 Å². The average Bonchev–Trinajstić information content (AvgIpc) is 3.82. The van der Waals surface area contributed by atoms with Crippen molar-refractivity contribution in [2.45, 2.75) is 37.5 Å². The maximum absolute atomic E-state index is 2.61. The van der Waals surface area contributed by atoms with E-state index in [0.717, 1.165) is 11.4 Å². The van der Waals surface area contributed by atoms with Gasteiger partial charge in [-0.2, -0.15) is 0 Å². The minimum absolute atomic E-state index is 0.313. The smallest absolute Gasteiger partial charge is 0.0714 e. The highest BCUT2D eigenvalue weighted by molar-refractivity contribution is 6.09. The second kappa shape index (κ2) is 14.8. The molecular formula is C63H51N. The lowest BCUT2D eigenvalue weighted by molar-refractivity contribution is 0.108. The molecule has 0 bridgehead atoms. The molecule has 0 radical (unpaired) electrons. The monoisotopic (exact) mass is 821 g/mol. The molecule has 4 unspecified atom stereocenters. The zero-order valence-corrected chi connectivity index (χ0v) is 36.2. The molecule has 0 N–H and O–H groups in total. The van der Waals surface area contributed by atoms with E-state index in [0.29, 0.717) is 29.1 Å². The van der Waals surface area contributed by atoms with Crippen molar-refractivity contribution < 1.29 is 0 Å². The molecule has 13 rings (SSSR count). The molecule has 2 saturated carbocycles. The summed E-state index contributed by atoms with van der Waals surface area (Å²) in [7, 11) is 0. The largest absolute Gasteiger partial charge is 0.310 e. The van der Waals surface area contributed by atoms with E-state index in [1.807, 2.05) is 0 Å². The first-order chi connectivity index (χ1) is 31.7. The van der Waals surface area contributed by atoms with Crippen molar-refractivity contribution in [2.24, 2.45) is 29.1 Å². The quantitative estimate of drug-likeness (QED) is 0.151. The van der Waals surface area contributed by atoms with Crippen molar-refractivity contribution in [2.75, 3.05) is 4.90 Å². The fourth-order valence-corrected chi connectivity index (χ4v) is 13.7. The Labute approximate surface area is 377 Å². The van der Waals surface area contributed by atoms with Gasteiger partial charge in [-0.05, 0) is 133 Å². The van der Waals surface area contributed by atoms with Gasteiger partial charge in [-0.15, -0.1) is 0 Å². The highest BCUT2D eigenvalue weighted by atomic mass is 15.1. The number of anilines is 3. The Morgan fingerprint density at radius 2 is 1.06 bits per heavy atom. The van der Waals surface area contributed by atoms with Gasteiger partial charge < -0.3 is 4.90 Å². The third-order valence-corrected chi connectivity index (χ3v) is 16.2. The minimum atomic E-state index is -0.504. The molecule has 0 saturated heterocycles. The maximum atomic E-state index is 2.61. The van der Waals surface area contributed by atoms with Crippen LogP contribution >= 0.6 is 0 Å². The summed E-state index contributed by atoms with van der Waals surface area (Å²) in [6.45, 7) is 0. The third kappa shape index (κ3) is 5.43. The van der Waals surface area contributed by atoms with Crippen LogP contribution in [0.4, 0.5) is 17.1 Å². The summed E-state index contributed by atoms with van der Waals surface area (Å²) in [5.41, 5.74) is 14.0. The van der Waals surface area contributed by atoms with Crippen LogP contribution in [0.1, 0.15) is 59.9 Å². The topological polar surface area (TPSA) is 3.24 Å². The fraction of sp³-hybridized carbons (Fsp3) is 0.175. The van der Waals surface area contributed by atoms with Gasteiger partial charge in [0.25, 0.3) is 0 Å². The van der Waals surface area contributed by atoms with Crippen LogP contribution in [0, 0.1) is 29.1 Å². The zero-order chi connectivity index (χ0) is 42.2. The number of fused-ring (bicyclic) bond motifs is 11. The maximum Gasteiger partial charge on any atom is 0.0714 e. The number of para-hydroxylation sites is 1. The minimum Gasteiger partial charge on any atom is -0.310 e. The van der Waals surface area contributed by atoms with Crippen molar-refractivity contribution in [1.29, 1.82) is 0 Å². The molecule has 8 aromatic carbocycles. The van der Waals surface area contributed by atoms with Crippen LogP contribution in [0.15, 0.2) is 225 Å². The molecule has 1 spiro atoms. The molecule has 64 heavy (non-hydrogen) atoms. The van der Waals surface area contributed by atoms with E-state index < -0.39 is 5.41 Å². The van der Waals surface area contributed by atoms with E-state index in [-0.39, 0.29) is 0 Å². The second-order valence-electron chi connectivity index (χ2n) is 19.0. The van der Waals surface area contributed by atoms with E-state index in [2.05, 4.69) is 229 Å². The molecule has 0 aliphatic heterocycles. The van der Waals surface area contributed by atoms with Crippen LogP contribution in [0.2, 0.25) is 0 Å². The van der Waals surface area contributed by atoms with Crippen LogP contribution in [0.25, 0.3) is 38.2 Å². The lowest BCUT2D eigenvalue weighted by Gasteiger charge is -2.43. The van der Waals surface area contributed by atoms with E-state index >= 15 is 0 Å². The number of hydrogen-bond acceptors (Lipinski definition) is 1. The average molecular weight is 822 g/mol. The molecule has 4 atom stereocenters. The first kappa shape index (κ1) is 37.6. The molecule has 5 aliphatic rings. The van der Waals surface area contributed by atoms with Gasteiger partial charge >= 0.3 is 0 Å².